The van der Waals surface area contributed by atoms with Gasteiger partial charge in [0, 0.05) is 0 Å². The summed E-state index contributed by atoms with van der Waals surface area (Å²) in [6.07, 6.45) is 2.96. The first-order valence-electron chi connectivity index (χ1n) is 1.52. The van der Waals surface area contributed by atoms with E-state index in [1.165, 1.54) is 0 Å². The Morgan fingerprint density at radius 1 is 1.80 bits per heavy atom. The third kappa shape index (κ3) is 22.8. The first kappa shape index (κ1) is 8.82. The van der Waals surface area contributed by atoms with Crippen LogP contribution in [0.4, 0.5) is 4.70 Å². The van der Waals surface area contributed by atoms with Crippen molar-refractivity contribution < 1.29 is 4.70 Å². The maximum atomic E-state index is 3.48. The molecular formula is C4H9F. The predicted molar refractivity (Wildman–Crippen MR) is 23.0 cm³/mol. The molecule has 0 nitrogen and oxygen atoms in total. The summed E-state index contributed by atoms with van der Waals surface area (Å²) in [6, 6.07) is 0. The van der Waals surface area contributed by atoms with Crippen LogP contribution in [-0.2, 0) is 0 Å². The third-order valence-corrected chi connectivity index (χ3v) is 0.289. The molecule has 0 aliphatic carbocycles. The van der Waals surface area contributed by atoms with Crippen molar-refractivity contribution in [2.75, 3.05) is 0 Å². The van der Waals surface area contributed by atoms with Gasteiger partial charge in [0.1, 0.15) is 0 Å². The molecule has 0 radical (unpaired) electrons. The number of rotatable bonds is 1. The summed E-state index contributed by atoms with van der Waals surface area (Å²) in [7, 11) is 0. The van der Waals surface area contributed by atoms with E-state index in [9.17, 15) is 0 Å². The Morgan fingerprint density at radius 3 is 2.00 bits per heavy atom. The molecule has 0 spiro atoms. The minimum Gasteiger partial charge on any atom is -0.269 e. The van der Waals surface area contributed by atoms with Crippen molar-refractivity contribution in [2.45, 2.75) is 13.3 Å². The van der Waals surface area contributed by atoms with E-state index in [1.807, 2.05) is 6.08 Å². The van der Waals surface area contributed by atoms with Crippen LogP contribution >= 0.6 is 0 Å². The molecule has 0 N–H and O–H groups in total. The Balaban J connectivity index is 0. The number of hydrogen-bond acceptors (Lipinski definition) is 0. The molecular weight excluding hydrogens is 67.0 g/mol. The van der Waals surface area contributed by atoms with Crippen LogP contribution in [-0.4, -0.2) is 0 Å². The van der Waals surface area contributed by atoms with Crippen LogP contribution in [0.3, 0.4) is 0 Å². The molecule has 0 rings (SSSR count). The van der Waals surface area contributed by atoms with Crippen LogP contribution in [0, 0.1) is 0 Å². The van der Waals surface area contributed by atoms with Crippen molar-refractivity contribution >= 4 is 0 Å². The Kier molecular flexibility index (Phi) is 16.6. The molecule has 0 aromatic rings. The molecule has 0 fully saturated rings. The van der Waals surface area contributed by atoms with Gasteiger partial charge in [-0.05, 0) is 6.42 Å². The van der Waals surface area contributed by atoms with E-state index in [0.717, 1.165) is 6.42 Å². The zero-order valence-corrected chi connectivity index (χ0v) is 3.40. The van der Waals surface area contributed by atoms with Gasteiger partial charge in [-0.1, -0.05) is 13.0 Å². The summed E-state index contributed by atoms with van der Waals surface area (Å²) in [6.45, 7) is 5.54. The van der Waals surface area contributed by atoms with Crippen LogP contribution in [0.2, 0.25) is 0 Å². The quantitative estimate of drug-likeness (QED) is 0.417. The zero-order chi connectivity index (χ0) is 3.41. The summed E-state index contributed by atoms with van der Waals surface area (Å²) in [5, 5.41) is 0. The molecule has 0 aromatic heterocycles. The SMILES string of the molecule is C=CCC.F. The summed E-state index contributed by atoms with van der Waals surface area (Å²) in [5.74, 6) is 0. The summed E-state index contributed by atoms with van der Waals surface area (Å²) < 4.78 is 0. The van der Waals surface area contributed by atoms with Gasteiger partial charge in [-0.15, -0.1) is 6.58 Å². The summed E-state index contributed by atoms with van der Waals surface area (Å²) >= 11 is 0. The van der Waals surface area contributed by atoms with Crippen LogP contribution in [0.1, 0.15) is 13.3 Å². The van der Waals surface area contributed by atoms with Gasteiger partial charge >= 0.3 is 0 Å². The Labute approximate surface area is 31.9 Å². The number of hydrogen-bond donors (Lipinski definition) is 0. The van der Waals surface area contributed by atoms with E-state index in [-0.39, 0.29) is 4.70 Å². The zero-order valence-electron chi connectivity index (χ0n) is 3.40. The predicted octanol–water partition coefficient (Wildman–Crippen LogP) is 1.73. The first-order valence-corrected chi connectivity index (χ1v) is 1.52. The smallest absolute Gasteiger partial charge is 0.0382 e. The van der Waals surface area contributed by atoms with Gasteiger partial charge in [-0.25, -0.2) is 0 Å². The van der Waals surface area contributed by atoms with Crippen molar-refractivity contribution in [3.63, 3.8) is 0 Å². The lowest BCUT2D eigenvalue weighted by Gasteiger charge is -1.57. The van der Waals surface area contributed by atoms with E-state index < -0.39 is 0 Å². The molecule has 0 bridgehead atoms. The average molecular weight is 76.1 g/mol. The fourth-order valence-electron chi connectivity index (χ4n) is 0. The Morgan fingerprint density at radius 2 is 2.00 bits per heavy atom. The monoisotopic (exact) mass is 76.1 g/mol. The Hall–Kier alpha value is -0.330. The van der Waals surface area contributed by atoms with Crippen molar-refractivity contribution in [2.24, 2.45) is 0 Å². The molecule has 32 valence electrons. The average Bonchev–Trinajstić information content (AvgIpc) is 1.37. The van der Waals surface area contributed by atoms with Gasteiger partial charge in [-0.3, -0.25) is 4.70 Å². The Bertz CT molecular complexity index is 17.6. The van der Waals surface area contributed by atoms with E-state index in [1.54, 1.807) is 0 Å². The highest BCUT2D eigenvalue weighted by Gasteiger charge is 1.45. The number of allylic oxidation sites excluding steroid dienone is 1. The first-order chi connectivity index (χ1) is 1.91. The molecule has 0 aromatic carbocycles. The fraction of sp³-hybridized carbons (Fsp3) is 0.500. The maximum Gasteiger partial charge on any atom is -0.0382 e. The molecule has 0 atom stereocenters. The molecule has 0 saturated heterocycles. The summed E-state index contributed by atoms with van der Waals surface area (Å²) in [4.78, 5) is 0. The lowest BCUT2D eigenvalue weighted by molar-refractivity contribution is 1.11. The lowest BCUT2D eigenvalue weighted by Crippen LogP contribution is -1.36. The van der Waals surface area contributed by atoms with Crippen LogP contribution in [0.5, 0.6) is 0 Å². The van der Waals surface area contributed by atoms with Crippen LogP contribution in [0.25, 0.3) is 0 Å². The molecule has 1 heteroatoms. The minimum atomic E-state index is 0. The van der Waals surface area contributed by atoms with Crippen LogP contribution < -0.4 is 0 Å². The molecule has 0 amide bonds. The minimum absolute atomic E-state index is 0. The van der Waals surface area contributed by atoms with E-state index >= 15 is 0 Å². The van der Waals surface area contributed by atoms with Gasteiger partial charge < -0.3 is 0 Å². The van der Waals surface area contributed by atoms with Crippen molar-refractivity contribution in [1.82, 2.24) is 0 Å². The van der Waals surface area contributed by atoms with Gasteiger partial charge in [0.2, 0.25) is 0 Å². The molecule has 0 aliphatic rings. The highest BCUT2D eigenvalue weighted by atomic mass is 19.0. The largest absolute Gasteiger partial charge is 0.269 e. The maximum absolute atomic E-state index is 3.48. The van der Waals surface area contributed by atoms with Crippen LogP contribution in [0.15, 0.2) is 12.7 Å². The second-order valence-electron chi connectivity index (χ2n) is 0.697. The fourth-order valence-corrected chi connectivity index (χ4v) is 0. The highest BCUT2D eigenvalue weighted by molar-refractivity contribution is 4.60. The van der Waals surface area contributed by atoms with E-state index in [0.29, 0.717) is 0 Å². The van der Waals surface area contributed by atoms with Crippen molar-refractivity contribution in [3.05, 3.63) is 12.7 Å². The molecule has 0 heterocycles. The number of halogens is 1. The van der Waals surface area contributed by atoms with Gasteiger partial charge in [0.05, 0.1) is 0 Å². The van der Waals surface area contributed by atoms with E-state index in [4.69, 9.17) is 0 Å². The molecule has 0 saturated carbocycles. The third-order valence-electron chi connectivity index (χ3n) is 0.289. The topological polar surface area (TPSA) is 0 Å². The standard InChI is InChI=1S/C4H8.FH/c1-3-4-2;/h3H,1,4H2,2H3;1H. The van der Waals surface area contributed by atoms with Crippen molar-refractivity contribution in [1.29, 1.82) is 0 Å². The molecule has 0 unspecified atom stereocenters. The molecule has 5 heavy (non-hydrogen) atoms. The summed E-state index contributed by atoms with van der Waals surface area (Å²) in [5.41, 5.74) is 0. The van der Waals surface area contributed by atoms with E-state index in [2.05, 4.69) is 13.5 Å². The van der Waals surface area contributed by atoms with Gasteiger partial charge in [0.25, 0.3) is 0 Å². The molecule has 0 aliphatic heterocycles. The van der Waals surface area contributed by atoms with Gasteiger partial charge in [-0.2, -0.15) is 0 Å². The second kappa shape index (κ2) is 9.38. The lowest BCUT2D eigenvalue weighted by atomic mass is 10.5. The van der Waals surface area contributed by atoms with Gasteiger partial charge in [0.15, 0.2) is 0 Å². The highest BCUT2D eigenvalue weighted by Crippen LogP contribution is 1.66. The second-order valence-corrected chi connectivity index (χ2v) is 0.697. The van der Waals surface area contributed by atoms with Crippen molar-refractivity contribution in [3.8, 4) is 0 Å². The normalized spacial score (nSPS) is 5.00.